The minimum absolute atomic E-state index is 0.0628. The number of benzene rings is 1. The number of urea groups is 1. The summed E-state index contributed by atoms with van der Waals surface area (Å²) in [6.07, 6.45) is 6.26. The molecule has 2 N–H and O–H groups in total. The van der Waals surface area contributed by atoms with Crippen LogP contribution in [0.1, 0.15) is 46.0 Å². The van der Waals surface area contributed by atoms with Gasteiger partial charge >= 0.3 is 6.03 Å². The first-order chi connectivity index (χ1) is 14.0. The Bertz CT molecular complexity index is 668. The maximum atomic E-state index is 12.6. The second-order valence-corrected chi connectivity index (χ2v) is 9.49. The number of amides is 3. The third-order valence-electron chi connectivity index (χ3n) is 5.76. The van der Waals surface area contributed by atoms with Gasteiger partial charge < -0.3 is 15.5 Å². The van der Waals surface area contributed by atoms with E-state index < -0.39 is 0 Å². The zero-order valence-electron chi connectivity index (χ0n) is 17.7. The number of hydrogen-bond acceptors (Lipinski definition) is 4. The molecule has 1 saturated heterocycles. The first-order valence-corrected chi connectivity index (χ1v) is 11.8. The fraction of sp³-hybridized carbons (Fsp3) is 0.636. The highest BCUT2D eigenvalue weighted by molar-refractivity contribution is 8.00. The maximum absolute atomic E-state index is 12.6. The molecule has 0 radical (unpaired) electrons. The quantitative estimate of drug-likeness (QED) is 0.707. The molecule has 6 nitrogen and oxygen atoms in total. The van der Waals surface area contributed by atoms with E-state index in [1.165, 1.54) is 30.6 Å². The summed E-state index contributed by atoms with van der Waals surface area (Å²) < 4.78 is 0. The van der Waals surface area contributed by atoms with Gasteiger partial charge in [0.1, 0.15) is 0 Å². The van der Waals surface area contributed by atoms with Gasteiger partial charge in [0, 0.05) is 48.1 Å². The molecule has 0 spiro atoms. The third-order valence-corrected chi connectivity index (χ3v) is 7.11. The first-order valence-electron chi connectivity index (χ1n) is 10.9. The molecule has 0 bridgehead atoms. The van der Waals surface area contributed by atoms with Gasteiger partial charge in [-0.25, -0.2) is 4.79 Å². The molecule has 1 saturated carbocycles. The molecular weight excluding hydrogens is 384 g/mol. The van der Waals surface area contributed by atoms with Crippen LogP contribution in [0.5, 0.6) is 0 Å². The van der Waals surface area contributed by atoms with Crippen LogP contribution in [-0.4, -0.2) is 65.8 Å². The highest BCUT2D eigenvalue weighted by Crippen LogP contribution is 2.34. The fourth-order valence-electron chi connectivity index (χ4n) is 3.75. The van der Waals surface area contributed by atoms with Crippen molar-refractivity contribution in [3.8, 4) is 0 Å². The normalized spacial score (nSPS) is 19.2. The average molecular weight is 419 g/mol. The average Bonchev–Trinajstić information content (AvgIpc) is 3.23. The topological polar surface area (TPSA) is 64.7 Å². The molecule has 1 aromatic carbocycles. The van der Waals surface area contributed by atoms with Gasteiger partial charge in [0.15, 0.2) is 0 Å². The lowest BCUT2D eigenvalue weighted by atomic mass is 10.2. The number of nitrogens with one attached hydrogen (secondary N) is 2. The summed E-state index contributed by atoms with van der Waals surface area (Å²) in [5.74, 6) is 0.0628. The Labute approximate surface area is 178 Å². The molecule has 1 aromatic rings. The molecule has 160 valence electrons. The zero-order chi connectivity index (χ0) is 20.6. The van der Waals surface area contributed by atoms with Crippen LogP contribution in [0.15, 0.2) is 29.2 Å². The molecule has 0 aromatic heterocycles. The largest absolute Gasteiger partial charge is 0.353 e. The molecule has 7 heteroatoms. The van der Waals surface area contributed by atoms with Crippen LogP contribution in [0, 0.1) is 0 Å². The molecule has 1 unspecified atom stereocenters. The summed E-state index contributed by atoms with van der Waals surface area (Å²) in [5, 5.41) is 6.75. The Morgan fingerprint density at radius 2 is 1.76 bits per heavy atom. The second-order valence-electron chi connectivity index (χ2n) is 8.12. The Kier molecular flexibility index (Phi) is 8.24. The molecule has 2 fully saturated rings. The van der Waals surface area contributed by atoms with E-state index in [0.717, 1.165) is 30.4 Å². The van der Waals surface area contributed by atoms with E-state index in [2.05, 4.69) is 34.6 Å². The molecule has 3 amide bonds. The van der Waals surface area contributed by atoms with Crippen molar-refractivity contribution < 1.29 is 9.59 Å². The molecule has 29 heavy (non-hydrogen) atoms. The molecule has 3 rings (SSSR count). The number of thioether (sulfide) groups is 1. The molecule has 2 aliphatic rings. The predicted molar refractivity (Wildman–Crippen MR) is 119 cm³/mol. The van der Waals surface area contributed by atoms with Crippen LogP contribution < -0.4 is 10.6 Å². The Hall–Kier alpha value is -1.73. The van der Waals surface area contributed by atoms with E-state index in [9.17, 15) is 9.59 Å². The van der Waals surface area contributed by atoms with Crippen LogP contribution in [0.4, 0.5) is 10.5 Å². The second kappa shape index (κ2) is 10.9. The van der Waals surface area contributed by atoms with Gasteiger partial charge in [-0.05, 0) is 50.5 Å². The summed E-state index contributed by atoms with van der Waals surface area (Å²) in [6.45, 7) is 7.19. The first kappa shape index (κ1) is 22.0. The molecule has 1 aliphatic heterocycles. The van der Waals surface area contributed by atoms with Crippen molar-refractivity contribution in [2.45, 2.75) is 62.1 Å². The van der Waals surface area contributed by atoms with Crippen molar-refractivity contribution in [3.63, 3.8) is 0 Å². The van der Waals surface area contributed by atoms with Gasteiger partial charge in [-0.2, -0.15) is 0 Å². The van der Waals surface area contributed by atoms with E-state index >= 15 is 0 Å². The summed E-state index contributed by atoms with van der Waals surface area (Å²) in [5.41, 5.74) is 0.834. The number of anilines is 1. The zero-order valence-corrected chi connectivity index (χ0v) is 18.5. The number of nitrogens with zero attached hydrogens (tertiary/aromatic N) is 2. The smallest absolute Gasteiger partial charge is 0.321 e. The van der Waals surface area contributed by atoms with Crippen LogP contribution in [-0.2, 0) is 4.79 Å². The van der Waals surface area contributed by atoms with Crippen LogP contribution in [0.3, 0.4) is 0 Å². The number of carbonyl (C=O) groups is 2. The number of hydrogen-bond donors (Lipinski definition) is 2. The monoisotopic (exact) mass is 418 g/mol. The molecule has 1 heterocycles. The van der Waals surface area contributed by atoms with E-state index in [4.69, 9.17) is 0 Å². The third kappa shape index (κ3) is 6.93. The molecule has 1 atom stereocenters. The summed E-state index contributed by atoms with van der Waals surface area (Å²) in [4.78, 5) is 29.8. The van der Waals surface area contributed by atoms with Gasteiger partial charge in [-0.1, -0.05) is 19.8 Å². The van der Waals surface area contributed by atoms with Crippen molar-refractivity contribution >= 4 is 29.4 Å². The van der Waals surface area contributed by atoms with Gasteiger partial charge in [0.05, 0.1) is 6.54 Å². The standard InChI is InChI=1S/C22H34N4O2S/c1-3-17(2)23-21(27)16-25-12-14-26(15-13-25)22(28)24-18-8-10-20(11-9-18)29-19-6-4-5-7-19/h8-11,17,19H,3-7,12-16H2,1-2H3,(H,23,27)(H,24,28). The van der Waals surface area contributed by atoms with Crippen molar-refractivity contribution in [1.29, 1.82) is 0 Å². The SMILES string of the molecule is CCC(C)NC(=O)CN1CCN(C(=O)Nc2ccc(SC3CCCC3)cc2)CC1. The predicted octanol–water partition coefficient (Wildman–Crippen LogP) is 3.79. The fourth-order valence-corrected chi connectivity index (χ4v) is 5.00. The van der Waals surface area contributed by atoms with Crippen molar-refractivity contribution in [3.05, 3.63) is 24.3 Å². The summed E-state index contributed by atoms with van der Waals surface area (Å²) in [7, 11) is 0. The minimum Gasteiger partial charge on any atom is -0.353 e. The minimum atomic E-state index is -0.0649. The summed E-state index contributed by atoms with van der Waals surface area (Å²) >= 11 is 1.96. The van der Waals surface area contributed by atoms with Crippen LogP contribution >= 0.6 is 11.8 Å². The van der Waals surface area contributed by atoms with Crippen molar-refractivity contribution in [2.24, 2.45) is 0 Å². The Morgan fingerprint density at radius 3 is 2.38 bits per heavy atom. The van der Waals surface area contributed by atoms with Gasteiger partial charge in [-0.3, -0.25) is 9.69 Å². The van der Waals surface area contributed by atoms with E-state index in [0.29, 0.717) is 19.6 Å². The van der Waals surface area contributed by atoms with Gasteiger partial charge in [0.2, 0.25) is 5.91 Å². The maximum Gasteiger partial charge on any atom is 0.321 e. The summed E-state index contributed by atoms with van der Waals surface area (Å²) in [6, 6.07) is 8.33. The van der Waals surface area contributed by atoms with Crippen LogP contribution in [0.2, 0.25) is 0 Å². The highest BCUT2D eigenvalue weighted by atomic mass is 32.2. The van der Waals surface area contributed by atoms with Crippen molar-refractivity contribution in [1.82, 2.24) is 15.1 Å². The number of piperazine rings is 1. The highest BCUT2D eigenvalue weighted by Gasteiger charge is 2.23. The van der Waals surface area contributed by atoms with E-state index in [-0.39, 0.29) is 18.0 Å². The Morgan fingerprint density at radius 1 is 1.10 bits per heavy atom. The lowest BCUT2D eigenvalue weighted by Gasteiger charge is -2.34. The van der Waals surface area contributed by atoms with E-state index in [1.54, 1.807) is 0 Å². The molecule has 1 aliphatic carbocycles. The van der Waals surface area contributed by atoms with Crippen LogP contribution in [0.25, 0.3) is 0 Å². The van der Waals surface area contributed by atoms with Gasteiger partial charge in [-0.15, -0.1) is 11.8 Å². The lowest BCUT2D eigenvalue weighted by Crippen LogP contribution is -2.52. The number of carbonyl (C=O) groups excluding carboxylic acids is 2. The Balaban J connectivity index is 1.39. The van der Waals surface area contributed by atoms with E-state index in [1.807, 2.05) is 35.7 Å². The lowest BCUT2D eigenvalue weighted by molar-refractivity contribution is -0.123. The number of rotatable bonds is 7. The van der Waals surface area contributed by atoms with Gasteiger partial charge in [0.25, 0.3) is 0 Å². The molecular formula is C22H34N4O2S. The van der Waals surface area contributed by atoms with Crippen molar-refractivity contribution in [2.75, 3.05) is 38.0 Å².